The topological polar surface area (TPSA) is 86.8 Å². The molecular formula is C24H31ClFN3O4S. The third kappa shape index (κ3) is 7.43. The van der Waals surface area contributed by atoms with Gasteiger partial charge in [0.25, 0.3) is 0 Å². The maximum atomic E-state index is 13.6. The summed E-state index contributed by atoms with van der Waals surface area (Å²) in [5.41, 5.74) is 0.848. The Bertz CT molecular complexity index is 1100. The molecular weight excluding hydrogens is 481 g/mol. The van der Waals surface area contributed by atoms with Gasteiger partial charge in [-0.05, 0) is 43.5 Å². The average molecular weight is 512 g/mol. The summed E-state index contributed by atoms with van der Waals surface area (Å²) < 4.78 is 39.6. The van der Waals surface area contributed by atoms with Crippen molar-refractivity contribution in [1.29, 1.82) is 0 Å². The van der Waals surface area contributed by atoms with Crippen molar-refractivity contribution in [3.8, 4) is 0 Å². The summed E-state index contributed by atoms with van der Waals surface area (Å²) >= 11 is 5.85. The molecule has 186 valence electrons. The summed E-state index contributed by atoms with van der Waals surface area (Å²) in [6.07, 6.45) is 2.01. The van der Waals surface area contributed by atoms with Crippen LogP contribution < -0.4 is 9.62 Å². The van der Waals surface area contributed by atoms with Crippen LogP contribution >= 0.6 is 11.6 Å². The molecule has 2 aromatic carbocycles. The van der Waals surface area contributed by atoms with E-state index in [1.54, 1.807) is 6.92 Å². The van der Waals surface area contributed by atoms with Gasteiger partial charge in [-0.25, -0.2) is 12.8 Å². The van der Waals surface area contributed by atoms with Gasteiger partial charge in [0.15, 0.2) is 0 Å². The van der Waals surface area contributed by atoms with Crippen LogP contribution in [0.15, 0.2) is 48.5 Å². The Morgan fingerprint density at radius 1 is 1.09 bits per heavy atom. The molecule has 0 spiro atoms. The molecule has 1 N–H and O–H groups in total. The molecule has 0 heterocycles. The lowest BCUT2D eigenvalue weighted by Crippen LogP contribution is -2.53. The first-order valence-electron chi connectivity index (χ1n) is 11.0. The van der Waals surface area contributed by atoms with Crippen LogP contribution in [0, 0.1) is 5.82 Å². The van der Waals surface area contributed by atoms with Gasteiger partial charge in [0, 0.05) is 12.6 Å². The predicted octanol–water partition coefficient (Wildman–Crippen LogP) is 3.97. The number of nitrogens with one attached hydrogen (secondary N) is 1. The van der Waals surface area contributed by atoms with E-state index in [9.17, 15) is 22.4 Å². The van der Waals surface area contributed by atoms with Crippen LogP contribution in [0.25, 0.3) is 0 Å². The molecule has 0 radical (unpaired) electrons. The van der Waals surface area contributed by atoms with Crippen LogP contribution in [0.3, 0.4) is 0 Å². The van der Waals surface area contributed by atoms with E-state index in [2.05, 4.69) is 5.32 Å². The largest absolute Gasteiger partial charge is 0.352 e. The highest BCUT2D eigenvalue weighted by molar-refractivity contribution is 7.92. The number of sulfonamides is 1. The Morgan fingerprint density at radius 2 is 1.74 bits per heavy atom. The molecule has 10 heteroatoms. The lowest BCUT2D eigenvalue weighted by Gasteiger charge is -2.33. The Balaban J connectivity index is 2.43. The maximum absolute atomic E-state index is 13.6. The van der Waals surface area contributed by atoms with Crippen molar-refractivity contribution in [2.75, 3.05) is 17.1 Å². The van der Waals surface area contributed by atoms with E-state index in [0.29, 0.717) is 6.42 Å². The zero-order chi connectivity index (χ0) is 25.5. The molecule has 0 aliphatic rings. The number of anilines is 1. The van der Waals surface area contributed by atoms with E-state index in [4.69, 9.17) is 11.6 Å². The van der Waals surface area contributed by atoms with Gasteiger partial charge in [-0.3, -0.25) is 13.9 Å². The number of amides is 2. The molecule has 0 saturated carbocycles. The van der Waals surface area contributed by atoms with E-state index in [1.807, 2.05) is 44.2 Å². The second-order valence-corrected chi connectivity index (χ2v) is 10.4. The summed E-state index contributed by atoms with van der Waals surface area (Å²) in [7, 11) is -3.92. The van der Waals surface area contributed by atoms with E-state index in [-0.39, 0.29) is 29.2 Å². The molecule has 0 fully saturated rings. The zero-order valence-electron chi connectivity index (χ0n) is 19.8. The van der Waals surface area contributed by atoms with Crippen molar-refractivity contribution in [1.82, 2.24) is 10.2 Å². The molecule has 2 rings (SSSR count). The predicted molar refractivity (Wildman–Crippen MR) is 133 cm³/mol. The molecule has 0 aliphatic carbocycles. The second kappa shape index (κ2) is 12.2. The number of benzene rings is 2. The highest BCUT2D eigenvalue weighted by Crippen LogP contribution is 2.25. The molecule has 2 amide bonds. The lowest BCUT2D eigenvalue weighted by atomic mass is 10.1. The summed E-state index contributed by atoms with van der Waals surface area (Å²) in [4.78, 5) is 27.9. The van der Waals surface area contributed by atoms with Gasteiger partial charge in [-0.1, -0.05) is 55.8 Å². The Hall–Kier alpha value is -2.65. The number of hydrogen-bond acceptors (Lipinski definition) is 4. The van der Waals surface area contributed by atoms with E-state index in [0.717, 1.165) is 34.7 Å². The van der Waals surface area contributed by atoms with Crippen molar-refractivity contribution in [2.45, 2.75) is 52.2 Å². The van der Waals surface area contributed by atoms with Crippen molar-refractivity contribution in [2.24, 2.45) is 0 Å². The van der Waals surface area contributed by atoms with Gasteiger partial charge in [0.2, 0.25) is 21.8 Å². The molecule has 0 aliphatic heterocycles. The lowest BCUT2D eigenvalue weighted by molar-refractivity contribution is -0.140. The van der Waals surface area contributed by atoms with E-state index in [1.165, 1.54) is 11.0 Å². The minimum Gasteiger partial charge on any atom is -0.352 e. The van der Waals surface area contributed by atoms with Crippen LogP contribution in [-0.2, 0) is 26.2 Å². The highest BCUT2D eigenvalue weighted by atomic mass is 35.5. The van der Waals surface area contributed by atoms with Crippen molar-refractivity contribution in [3.05, 3.63) is 64.9 Å². The molecule has 7 nitrogen and oxygen atoms in total. The Kier molecular flexibility index (Phi) is 9.88. The summed E-state index contributed by atoms with van der Waals surface area (Å²) in [6, 6.07) is 11.7. The van der Waals surface area contributed by atoms with Crippen LogP contribution in [0.1, 0.15) is 39.2 Å². The third-order valence-corrected chi connectivity index (χ3v) is 6.88. The molecule has 0 saturated heterocycles. The maximum Gasteiger partial charge on any atom is 0.244 e. The fourth-order valence-corrected chi connectivity index (χ4v) is 4.41. The zero-order valence-corrected chi connectivity index (χ0v) is 21.4. The molecule has 34 heavy (non-hydrogen) atoms. The monoisotopic (exact) mass is 511 g/mol. The van der Waals surface area contributed by atoms with E-state index < -0.39 is 34.3 Å². The van der Waals surface area contributed by atoms with Crippen molar-refractivity contribution >= 4 is 39.1 Å². The number of halogens is 2. The first kappa shape index (κ1) is 27.6. The van der Waals surface area contributed by atoms with Gasteiger partial charge in [0.1, 0.15) is 18.4 Å². The van der Waals surface area contributed by atoms with Crippen molar-refractivity contribution in [3.63, 3.8) is 0 Å². The van der Waals surface area contributed by atoms with Crippen LogP contribution in [-0.4, -0.2) is 50.0 Å². The highest BCUT2D eigenvalue weighted by Gasteiger charge is 2.32. The number of nitrogens with zero attached hydrogens (tertiary/aromatic N) is 2. The summed E-state index contributed by atoms with van der Waals surface area (Å²) in [5, 5.41) is 2.64. The van der Waals surface area contributed by atoms with Crippen LogP contribution in [0.2, 0.25) is 5.02 Å². The number of rotatable bonds is 11. The quantitative estimate of drug-likeness (QED) is 0.494. The fourth-order valence-electron chi connectivity index (χ4n) is 3.39. The molecule has 2 atom stereocenters. The van der Waals surface area contributed by atoms with Gasteiger partial charge in [0.05, 0.1) is 17.0 Å². The van der Waals surface area contributed by atoms with Gasteiger partial charge >= 0.3 is 0 Å². The first-order chi connectivity index (χ1) is 16.0. The molecule has 2 aromatic rings. The molecule has 0 bridgehead atoms. The van der Waals surface area contributed by atoms with Crippen LogP contribution in [0.4, 0.5) is 10.1 Å². The first-order valence-corrected chi connectivity index (χ1v) is 13.3. The van der Waals surface area contributed by atoms with Gasteiger partial charge < -0.3 is 10.2 Å². The normalized spacial score (nSPS) is 13.1. The number of hydrogen-bond donors (Lipinski definition) is 1. The standard InChI is InChI=1S/C24H31ClFN3O4S/c1-5-17(3)27-24(31)22(6-2)28(15-18-10-8-7-9-11-18)23(30)16-29(34(4,32)33)19-12-13-21(26)20(25)14-19/h7-14,17,22H,5-6,15-16H2,1-4H3,(H,27,31)/t17-,22+/m1/s1. The molecule has 0 unspecified atom stereocenters. The Morgan fingerprint density at radius 3 is 2.26 bits per heavy atom. The van der Waals surface area contributed by atoms with E-state index >= 15 is 0 Å². The van der Waals surface area contributed by atoms with Crippen molar-refractivity contribution < 1.29 is 22.4 Å². The average Bonchev–Trinajstić information content (AvgIpc) is 2.78. The van der Waals surface area contributed by atoms with Crippen LogP contribution in [0.5, 0.6) is 0 Å². The summed E-state index contributed by atoms with van der Waals surface area (Å²) in [6.45, 7) is 5.16. The van der Waals surface area contributed by atoms with Gasteiger partial charge in [-0.15, -0.1) is 0 Å². The fraction of sp³-hybridized carbons (Fsp3) is 0.417. The SMILES string of the molecule is CC[C@@H](C)NC(=O)[C@H](CC)N(Cc1ccccc1)C(=O)CN(c1ccc(F)c(Cl)c1)S(C)(=O)=O. The van der Waals surface area contributed by atoms with Gasteiger partial charge in [-0.2, -0.15) is 0 Å². The second-order valence-electron chi connectivity index (χ2n) is 8.12. The minimum atomic E-state index is -3.92. The third-order valence-electron chi connectivity index (χ3n) is 5.45. The number of carbonyl (C=O) groups excluding carboxylic acids is 2. The smallest absolute Gasteiger partial charge is 0.244 e. The Labute approximate surface area is 205 Å². The number of carbonyl (C=O) groups is 2. The summed E-state index contributed by atoms with van der Waals surface area (Å²) in [5.74, 6) is -1.58. The minimum absolute atomic E-state index is 0.0546. The molecule has 0 aromatic heterocycles.